The Morgan fingerprint density at radius 2 is 0.755 bits per heavy atom. The van der Waals surface area contributed by atoms with Gasteiger partial charge in [-0.3, -0.25) is 0 Å². The van der Waals surface area contributed by atoms with E-state index in [1.165, 1.54) is 89.3 Å². The van der Waals surface area contributed by atoms with Crippen LogP contribution in [0, 0.1) is 0 Å². The van der Waals surface area contributed by atoms with Gasteiger partial charge in [0.15, 0.2) is 0 Å². The predicted molar refractivity (Wildman–Crippen MR) is 220 cm³/mol. The Bertz CT molecular complexity index is 2720. The summed E-state index contributed by atoms with van der Waals surface area (Å²) in [5.74, 6) is 0. The van der Waals surface area contributed by atoms with Crippen LogP contribution in [0.3, 0.4) is 0 Å². The minimum atomic E-state index is -0.423. The van der Waals surface area contributed by atoms with Gasteiger partial charge in [-0.05, 0) is 85.0 Å². The molecule has 3 aliphatic rings. The summed E-state index contributed by atoms with van der Waals surface area (Å²) in [6.07, 6.45) is 0. The standard InChI is InChI=1S/C52H37N/c1-51(2)41-26-11-6-23-38(41)39-25-16-33-48(50(39)51)53(46-31-15-10-20-35(46)34-18-4-3-5-19-34)47-32-17-30-45-49(47)40-24-9-14-29-44(40)52(45)42-27-12-7-21-36(42)37-22-8-13-28-43(37)52/h3-33H,1-2H3. The van der Waals surface area contributed by atoms with E-state index in [0.717, 1.165) is 5.69 Å². The van der Waals surface area contributed by atoms with Gasteiger partial charge in [0.2, 0.25) is 0 Å². The molecule has 0 aromatic heterocycles. The van der Waals surface area contributed by atoms with Crippen LogP contribution in [0.2, 0.25) is 0 Å². The number of hydrogen-bond acceptors (Lipinski definition) is 1. The summed E-state index contributed by atoms with van der Waals surface area (Å²) in [5, 5.41) is 0. The number of para-hydroxylation sites is 1. The molecular weight excluding hydrogens is 639 g/mol. The third kappa shape index (κ3) is 3.92. The second-order valence-electron chi connectivity index (χ2n) is 15.2. The summed E-state index contributed by atoms with van der Waals surface area (Å²) < 4.78 is 0. The molecule has 0 bridgehead atoms. The molecule has 8 aromatic carbocycles. The second-order valence-corrected chi connectivity index (χ2v) is 15.2. The summed E-state index contributed by atoms with van der Waals surface area (Å²) in [7, 11) is 0. The van der Waals surface area contributed by atoms with Crippen LogP contribution >= 0.6 is 0 Å². The monoisotopic (exact) mass is 675 g/mol. The molecule has 53 heavy (non-hydrogen) atoms. The summed E-state index contributed by atoms with van der Waals surface area (Å²) >= 11 is 0. The number of rotatable bonds is 4. The van der Waals surface area contributed by atoms with Crippen molar-refractivity contribution in [1.29, 1.82) is 0 Å². The van der Waals surface area contributed by atoms with Gasteiger partial charge in [0.05, 0.1) is 22.5 Å². The van der Waals surface area contributed by atoms with Crippen LogP contribution < -0.4 is 4.90 Å². The Balaban J connectivity index is 1.27. The Morgan fingerprint density at radius 3 is 1.43 bits per heavy atom. The first-order chi connectivity index (χ1) is 26.1. The molecule has 1 nitrogen and oxygen atoms in total. The van der Waals surface area contributed by atoms with E-state index < -0.39 is 5.41 Å². The fourth-order valence-corrected chi connectivity index (χ4v) is 10.2. The van der Waals surface area contributed by atoms with E-state index in [9.17, 15) is 0 Å². The lowest BCUT2D eigenvalue weighted by Gasteiger charge is -2.35. The SMILES string of the molecule is CC1(C)c2ccccc2-c2cccc(N(c3ccccc3-c3ccccc3)c3cccc4c3-c3ccccc3C43c4ccccc4-c4ccccc43)c21. The molecule has 0 unspecified atom stereocenters. The number of hydrogen-bond donors (Lipinski definition) is 0. The maximum absolute atomic E-state index is 2.59. The molecule has 0 saturated carbocycles. The molecule has 1 heteroatoms. The molecule has 0 radical (unpaired) electrons. The van der Waals surface area contributed by atoms with Crippen molar-refractivity contribution in [3.63, 3.8) is 0 Å². The molecule has 250 valence electrons. The topological polar surface area (TPSA) is 3.24 Å². The van der Waals surface area contributed by atoms with E-state index in [1.54, 1.807) is 0 Å². The number of fused-ring (bicyclic) bond motifs is 13. The Labute approximate surface area is 311 Å². The average Bonchev–Trinajstić information content (AvgIpc) is 3.78. The van der Waals surface area contributed by atoms with Gasteiger partial charge in [-0.2, -0.15) is 0 Å². The lowest BCUT2D eigenvalue weighted by Crippen LogP contribution is -2.26. The van der Waals surface area contributed by atoms with Crippen molar-refractivity contribution in [3.05, 3.63) is 221 Å². The van der Waals surface area contributed by atoms with E-state index in [1.807, 2.05) is 0 Å². The minimum Gasteiger partial charge on any atom is -0.309 e. The van der Waals surface area contributed by atoms with Crippen molar-refractivity contribution in [3.8, 4) is 44.5 Å². The third-order valence-electron chi connectivity index (χ3n) is 12.3. The Kier molecular flexibility index (Phi) is 6.29. The first-order valence-electron chi connectivity index (χ1n) is 18.7. The quantitative estimate of drug-likeness (QED) is 0.179. The van der Waals surface area contributed by atoms with Gasteiger partial charge in [-0.1, -0.05) is 184 Å². The molecule has 0 N–H and O–H groups in total. The van der Waals surface area contributed by atoms with E-state index in [-0.39, 0.29) is 5.41 Å². The average molecular weight is 676 g/mol. The van der Waals surface area contributed by atoms with Gasteiger partial charge in [-0.25, -0.2) is 0 Å². The predicted octanol–water partition coefficient (Wildman–Crippen LogP) is 13.5. The van der Waals surface area contributed by atoms with Gasteiger partial charge in [0.1, 0.15) is 0 Å². The van der Waals surface area contributed by atoms with Crippen molar-refractivity contribution in [2.75, 3.05) is 4.90 Å². The summed E-state index contributed by atoms with van der Waals surface area (Å²) in [4.78, 5) is 2.59. The van der Waals surface area contributed by atoms with Crippen LogP contribution in [0.1, 0.15) is 47.2 Å². The number of anilines is 3. The van der Waals surface area contributed by atoms with Gasteiger partial charge in [0.25, 0.3) is 0 Å². The summed E-state index contributed by atoms with van der Waals surface area (Å²) in [5.41, 5.74) is 21.4. The molecule has 0 aliphatic heterocycles. The van der Waals surface area contributed by atoms with Crippen LogP contribution in [-0.4, -0.2) is 0 Å². The second kappa shape index (κ2) is 11.0. The maximum atomic E-state index is 2.59. The highest BCUT2D eigenvalue weighted by atomic mass is 15.2. The van der Waals surface area contributed by atoms with E-state index in [0.29, 0.717) is 0 Å². The lowest BCUT2D eigenvalue weighted by molar-refractivity contribution is 0.661. The first kappa shape index (κ1) is 30.2. The van der Waals surface area contributed by atoms with Crippen molar-refractivity contribution in [1.82, 2.24) is 0 Å². The Hall–Kier alpha value is -6.44. The molecule has 0 atom stereocenters. The minimum absolute atomic E-state index is 0.205. The summed E-state index contributed by atoms with van der Waals surface area (Å²) in [6.45, 7) is 4.79. The maximum Gasteiger partial charge on any atom is 0.0726 e. The van der Waals surface area contributed by atoms with Gasteiger partial charge in [-0.15, -0.1) is 0 Å². The zero-order valence-corrected chi connectivity index (χ0v) is 29.8. The zero-order chi connectivity index (χ0) is 35.3. The molecule has 3 aliphatic carbocycles. The van der Waals surface area contributed by atoms with Crippen LogP contribution in [0.5, 0.6) is 0 Å². The van der Waals surface area contributed by atoms with Gasteiger partial charge >= 0.3 is 0 Å². The smallest absolute Gasteiger partial charge is 0.0726 e. The van der Waals surface area contributed by atoms with Crippen molar-refractivity contribution in [2.45, 2.75) is 24.7 Å². The van der Waals surface area contributed by atoms with Gasteiger partial charge in [0, 0.05) is 16.5 Å². The zero-order valence-electron chi connectivity index (χ0n) is 29.8. The molecule has 0 heterocycles. The molecule has 11 rings (SSSR count). The van der Waals surface area contributed by atoms with E-state index >= 15 is 0 Å². The molecule has 0 fully saturated rings. The molecular formula is C52H37N. The molecule has 1 spiro atoms. The summed E-state index contributed by atoms with van der Waals surface area (Å²) in [6, 6.07) is 70.1. The molecule has 8 aromatic rings. The number of benzene rings is 8. The van der Waals surface area contributed by atoms with Crippen LogP contribution in [0.25, 0.3) is 44.5 Å². The van der Waals surface area contributed by atoms with E-state index in [2.05, 4.69) is 207 Å². The van der Waals surface area contributed by atoms with Gasteiger partial charge < -0.3 is 4.90 Å². The van der Waals surface area contributed by atoms with Crippen molar-refractivity contribution >= 4 is 17.1 Å². The van der Waals surface area contributed by atoms with Crippen molar-refractivity contribution < 1.29 is 0 Å². The fraction of sp³-hybridized carbons (Fsp3) is 0.0769. The van der Waals surface area contributed by atoms with E-state index in [4.69, 9.17) is 0 Å². The Morgan fingerprint density at radius 1 is 0.321 bits per heavy atom. The van der Waals surface area contributed by atoms with Crippen molar-refractivity contribution in [2.24, 2.45) is 0 Å². The highest BCUT2D eigenvalue weighted by Crippen LogP contribution is 2.65. The largest absolute Gasteiger partial charge is 0.309 e. The highest BCUT2D eigenvalue weighted by Gasteiger charge is 2.52. The van der Waals surface area contributed by atoms with Crippen LogP contribution in [-0.2, 0) is 10.8 Å². The van der Waals surface area contributed by atoms with Crippen LogP contribution in [0.4, 0.5) is 17.1 Å². The lowest BCUT2D eigenvalue weighted by atomic mass is 9.70. The highest BCUT2D eigenvalue weighted by molar-refractivity contribution is 6.03. The fourth-order valence-electron chi connectivity index (χ4n) is 10.2. The molecule has 0 saturated heterocycles. The number of nitrogens with zero attached hydrogens (tertiary/aromatic N) is 1. The van der Waals surface area contributed by atoms with Crippen LogP contribution in [0.15, 0.2) is 188 Å². The third-order valence-corrected chi connectivity index (χ3v) is 12.3. The first-order valence-corrected chi connectivity index (χ1v) is 18.7. The molecule has 0 amide bonds. The normalized spacial score (nSPS) is 14.5.